The van der Waals surface area contributed by atoms with E-state index < -0.39 is 0 Å². The van der Waals surface area contributed by atoms with Crippen LogP contribution >= 0.6 is 0 Å². The molecule has 0 spiro atoms. The van der Waals surface area contributed by atoms with E-state index >= 15 is 0 Å². The lowest BCUT2D eigenvalue weighted by Gasteiger charge is -2.33. The molecule has 0 atom stereocenters. The molecule has 12 heteroatoms. The van der Waals surface area contributed by atoms with Crippen LogP contribution in [0.1, 0.15) is 0 Å². The fourth-order valence-electron chi connectivity index (χ4n) is 11.1. The molecule has 12 nitrogen and oxygen atoms in total. The van der Waals surface area contributed by atoms with Crippen molar-refractivity contribution in [3.05, 3.63) is 267 Å². The fourth-order valence-corrected chi connectivity index (χ4v) is 11.1. The molecule has 0 amide bonds. The summed E-state index contributed by atoms with van der Waals surface area (Å²) in [6.45, 7) is 0. The summed E-state index contributed by atoms with van der Waals surface area (Å²) in [5.41, 5.74) is 14.7. The first-order valence-corrected chi connectivity index (χ1v) is 27.2. The number of hydrogen-bond acceptors (Lipinski definition) is 12. The highest BCUT2D eigenvalue weighted by Crippen LogP contribution is 2.54. The summed E-state index contributed by atoms with van der Waals surface area (Å²) in [5.74, 6) is 7.19. The molecule has 83 heavy (non-hydrogen) atoms. The van der Waals surface area contributed by atoms with Crippen LogP contribution in [-0.4, -0.2) is 25.1 Å². The van der Waals surface area contributed by atoms with Crippen molar-refractivity contribution in [3.8, 4) is 103 Å². The molecule has 0 radical (unpaired) electrons. The van der Waals surface area contributed by atoms with Gasteiger partial charge in [0.25, 0.3) is 0 Å². The SMILES string of the molecule is c1ccc(-c2nc(-c3ccc(N4c5ccccc5Oc5ccccc54)cc3)nc(-c3cccc(-c4ccc5c(c4)Oc4ccccc4N5c4ccc(-c5nnc(-c6ccc(N7c8ccccc8Oc8ccccc87)cc6)o5)cc4)c3)n2)cc1. The number of nitrogens with zero attached hydrogens (tertiary/aromatic N) is 8. The van der Waals surface area contributed by atoms with Gasteiger partial charge in [0.15, 0.2) is 52.0 Å². The van der Waals surface area contributed by atoms with Crippen LogP contribution < -0.4 is 28.9 Å². The summed E-state index contributed by atoms with van der Waals surface area (Å²) in [4.78, 5) is 21.9. The predicted octanol–water partition coefficient (Wildman–Crippen LogP) is 19.0. The molecule has 16 rings (SSSR count). The Morgan fingerprint density at radius 3 is 0.988 bits per heavy atom. The number of aromatic nitrogens is 5. The molecule has 3 aliphatic heterocycles. The number of hydrogen-bond donors (Lipinski definition) is 0. The quantitative estimate of drug-likeness (QED) is 0.137. The third kappa shape index (κ3) is 8.44. The smallest absolute Gasteiger partial charge is 0.248 e. The number of ether oxygens (including phenoxy) is 3. The monoisotopic (exact) mass is 1070 g/mol. The second-order valence-corrected chi connectivity index (χ2v) is 20.1. The standard InChI is InChI=1S/C71H44N8O4/c1-2-15-45(16-3-1)67-72-68(46-29-36-52(37-30-46)77-55-19-4-9-24-61(55)80-62-25-10-5-20-56(62)77)74-69(73-67)51-18-14-17-49(43-51)50-35-42-60-66(44-50)82-65-28-13-8-23-59(65)79(60)54-40-33-48(34-41-54)71-76-75-70(83-71)47-31-38-53(39-32-47)78-57-21-6-11-26-63(57)81-64-27-12-7-22-58(64)78/h1-44H. The molecule has 0 saturated heterocycles. The molecule has 0 saturated carbocycles. The van der Waals surface area contributed by atoms with E-state index in [1.165, 1.54) is 0 Å². The first-order valence-electron chi connectivity index (χ1n) is 27.2. The Bertz CT molecular complexity index is 4540. The van der Waals surface area contributed by atoms with E-state index in [0.29, 0.717) is 35.0 Å². The molecule has 3 aliphatic rings. The van der Waals surface area contributed by atoms with E-state index in [0.717, 1.165) is 119 Å². The molecule has 5 heterocycles. The van der Waals surface area contributed by atoms with Gasteiger partial charge in [0, 0.05) is 44.9 Å². The van der Waals surface area contributed by atoms with Crippen LogP contribution in [0.4, 0.5) is 51.2 Å². The molecule has 13 aromatic rings. The van der Waals surface area contributed by atoms with Gasteiger partial charge in [0.1, 0.15) is 0 Å². The summed E-state index contributed by atoms with van der Waals surface area (Å²) in [6.07, 6.45) is 0. The van der Waals surface area contributed by atoms with Gasteiger partial charge in [-0.3, -0.25) is 0 Å². The topological polar surface area (TPSA) is 115 Å². The summed E-state index contributed by atoms with van der Waals surface area (Å²) in [5, 5.41) is 8.96. The van der Waals surface area contributed by atoms with Crippen molar-refractivity contribution >= 4 is 51.2 Å². The van der Waals surface area contributed by atoms with Gasteiger partial charge in [0.2, 0.25) is 11.8 Å². The minimum Gasteiger partial charge on any atom is -0.453 e. The number of para-hydroxylation sites is 10. The van der Waals surface area contributed by atoms with E-state index in [1.54, 1.807) is 0 Å². The van der Waals surface area contributed by atoms with Crippen LogP contribution in [0.5, 0.6) is 34.5 Å². The maximum absolute atomic E-state index is 6.70. The lowest BCUT2D eigenvalue weighted by atomic mass is 10.0. The van der Waals surface area contributed by atoms with Gasteiger partial charge < -0.3 is 33.3 Å². The van der Waals surface area contributed by atoms with E-state index in [4.69, 9.17) is 33.6 Å². The highest BCUT2D eigenvalue weighted by atomic mass is 16.5. The zero-order valence-corrected chi connectivity index (χ0v) is 44.1. The van der Waals surface area contributed by atoms with E-state index in [2.05, 4.69) is 134 Å². The predicted molar refractivity (Wildman–Crippen MR) is 325 cm³/mol. The van der Waals surface area contributed by atoms with Crippen LogP contribution in [-0.2, 0) is 0 Å². The molecule has 0 fully saturated rings. The Morgan fingerprint density at radius 2 is 0.542 bits per heavy atom. The third-order valence-electron chi connectivity index (χ3n) is 15.1. The first kappa shape index (κ1) is 47.4. The van der Waals surface area contributed by atoms with Crippen molar-refractivity contribution in [1.29, 1.82) is 0 Å². The van der Waals surface area contributed by atoms with Gasteiger partial charge in [-0.1, -0.05) is 115 Å². The highest BCUT2D eigenvalue weighted by Gasteiger charge is 2.29. The normalized spacial score (nSPS) is 12.6. The zero-order chi connectivity index (χ0) is 54.8. The van der Waals surface area contributed by atoms with Crippen molar-refractivity contribution in [2.45, 2.75) is 0 Å². The zero-order valence-electron chi connectivity index (χ0n) is 44.1. The summed E-state index contributed by atoms with van der Waals surface area (Å²) >= 11 is 0. The summed E-state index contributed by atoms with van der Waals surface area (Å²) in [6, 6.07) is 89.6. The highest BCUT2D eigenvalue weighted by molar-refractivity contribution is 5.91. The molecule has 0 bridgehead atoms. The van der Waals surface area contributed by atoms with Crippen molar-refractivity contribution in [2.75, 3.05) is 14.7 Å². The van der Waals surface area contributed by atoms with Gasteiger partial charge in [0.05, 0.1) is 34.1 Å². The maximum Gasteiger partial charge on any atom is 0.248 e. The van der Waals surface area contributed by atoms with Gasteiger partial charge in [-0.25, -0.2) is 15.0 Å². The molecular formula is C71H44N8O4. The average Bonchev–Trinajstić information content (AvgIpc) is 4.04. The third-order valence-corrected chi connectivity index (χ3v) is 15.1. The van der Waals surface area contributed by atoms with Crippen LogP contribution in [0.2, 0.25) is 0 Å². The molecule has 2 aromatic heterocycles. The first-order chi connectivity index (χ1) is 41.1. The van der Waals surface area contributed by atoms with E-state index in [-0.39, 0.29) is 0 Å². The van der Waals surface area contributed by atoms with Crippen molar-refractivity contribution in [3.63, 3.8) is 0 Å². The van der Waals surface area contributed by atoms with Crippen LogP contribution in [0.25, 0.3) is 68.2 Å². The Balaban J connectivity index is 0.680. The molecular weight excluding hydrogens is 1030 g/mol. The van der Waals surface area contributed by atoms with E-state index in [9.17, 15) is 0 Å². The number of anilines is 9. The van der Waals surface area contributed by atoms with Crippen LogP contribution in [0, 0.1) is 0 Å². The number of fused-ring (bicyclic) bond motifs is 6. The summed E-state index contributed by atoms with van der Waals surface area (Å²) < 4.78 is 25.6. The van der Waals surface area contributed by atoms with Crippen molar-refractivity contribution in [2.24, 2.45) is 0 Å². The number of rotatable bonds is 9. The summed E-state index contributed by atoms with van der Waals surface area (Å²) in [7, 11) is 0. The van der Waals surface area contributed by atoms with Crippen LogP contribution in [0.3, 0.4) is 0 Å². The largest absolute Gasteiger partial charge is 0.453 e. The van der Waals surface area contributed by atoms with Gasteiger partial charge in [-0.05, 0) is 163 Å². The Labute approximate surface area is 477 Å². The molecule has 392 valence electrons. The van der Waals surface area contributed by atoms with E-state index in [1.807, 2.05) is 158 Å². The van der Waals surface area contributed by atoms with Crippen molar-refractivity contribution < 1.29 is 18.6 Å². The Kier molecular flexibility index (Phi) is 11.2. The lowest BCUT2D eigenvalue weighted by molar-refractivity contribution is 0.477. The molecule has 0 N–H and O–H groups in total. The fraction of sp³-hybridized carbons (Fsp3) is 0. The van der Waals surface area contributed by atoms with Crippen LogP contribution in [0.15, 0.2) is 271 Å². The number of benzene rings is 11. The van der Waals surface area contributed by atoms with Gasteiger partial charge in [-0.15, -0.1) is 10.2 Å². The molecule has 11 aromatic carbocycles. The minimum absolute atomic E-state index is 0.419. The lowest BCUT2D eigenvalue weighted by Crippen LogP contribution is -2.15. The van der Waals surface area contributed by atoms with Crippen molar-refractivity contribution in [1.82, 2.24) is 25.1 Å². The molecule has 0 unspecified atom stereocenters. The van der Waals surface area contributed by atoms with Gasteiger partial charge in [-0.2, -0.15) is 0 Å². The Hall–Kier alpha value is -11.6. The molecule has 0 aliphatic carbocycles. The second-order valence-electron chi connectivity index (χ2n) is 20.1. The Morgan fingerprint density at radius 1 is 0.229 bits per heavy atom. The maximum atomic E-state index is 6.70. The minimum atomic E-state index is 0.419. The second kappa shape index (κ2) is 19.6. The average molecular weight is 1070 g/mol. The van der Waals surface area contributed by atoms with Gasteiger partial charge >= 0.3 is 0 Å².